The van der Waals surface area contributed by atoms with Crippen molar-refractivity contribution in [2.45, 2.75) is 38.0 Å². The average molecular weight is 309 g/mol. The quantitative estimate of drug-likeness (QED) is 0.879. The summed E-state index contributed by atoms with van der Waals surface area (Å²) in [6, 6.07) is 13.0. The van der Waals surface area contributed by atoms with Crippen LogP contribution in [0.2, 0.25) is 0 Å². The van der Waals surface area contributed by atoms with Crippen molar-refractivity contribution in [2.24, 2.45) is 5.92 Å². The van der Waals surface area contributed by atoms with Crippen molar-refractivity contribution in [3.8, 4) is 0 Å². The summed E-state index contributed by atoms with van der Waals surface area (Å²) >= 11 is 0. The molecule has 23 heavy (non-hydrogen) atoms. The molecule has 1 fully saturated rings. The van der Waals surface area contributed by atoms with E-state index in [0.29, 0.717) is 0 Å². The highest BCUT2D eigenvalue weighted by molar-refractivity contribution is 6.10. The fourth-order valence-corrected chi connectivity index (χ4v) is 4.55. The van der Waals surface area contributed by atoms with E-state index in [1.54, 1.807) is 6.07 Å². The van der Waals surface area contributed by atoms with Crippen LogP contribution >= 0.6 is 0 Å². The Morgan fingerprint density at radius 1 is 1.13 bits per heavy atom. The van der Waals surface area contributed by atoms with E-state index in [4.69, 9.17) is 0 Å². The van der Waals surface area contributed by atoms with Gasteiger partial charge in [-0.3, -0.25) is 4.79 Å². The van der Waals surface area contributed by atoms with Gasteiger partial charge in [-0.25, -0.2) is 4.39 Å². The van der Waals surface area contributed by atoms with Gasteiger partial charge >= 0.3 is 0 Å². The first-order chi connectivity index (χ1) is 10.9. The van der Waals surface area contributed by atoms with Crippen molar-refractivity contribution in [1.82, 2.24) is 0 Å². The summed E-state index contributed by atoms with van der Waals surface area (Å²) < 4.78 is 13.8. The van der Waals surface area contributed by atoms with Crippen LogP contribution in [0.1, 0.15) is 37.0 Å². The molecule has 1 amide bonds. The maximum atomic E-state index is 13.8. The van der Waals surface area contributed by atoms with Crippen LogP contribution in [0.5, 0.6) is 0 Å². The molecule has 2 aliphatic rings. The van der Waals surface area contributed by atoms with E-state index in [0.717, 1.165) is 17.7 Å². The summed E-state index contributed by atoms with van der Waals surface area (Å²) in [6.07, 6.45) is 0.739. The molecule has 0 radical (unpaired) electrons. The monoisotopic (exact) mass is 309 g/mol. The van der Waals surface area contributed by atoms with Crippen molar-refractivity contribution in [1.29, 1.82) is 0 Å². The summed E-state index contributed by atoms with van der Waals surface area (Å²) in [5.74, 6) is 0.00522. The normalized spacial score (nSPS) is 28.1. The largest absolute Gasteiger partial charge is 0.325 e. The molecule has 0 aromatic heterocycles. The summed E-state index contributed by atoms with van der Waals surface area (Å²) in [6.45, 7) is 6.36. The zero-order chi connectivity index (χ0) is 16.4. The lowest BCUT2D eigenvalue weighted by atomic mass is 9.75. The first-order valence-electron chi connectivity index (χ1n) is 8.10. The number of amides is 1. The molecular weight excluding hydrogens is 289 g/mol. The van der Waals surface area contributed by atoms with Crippen molar-refractivity contribution in [2.75, 3.05) is 5.32 Å². The lowest BCUT2D eigenvalue weighted by Crippen LogP contribution is -2.33. The van der Waals surface area contributed by atoms with Gasteiger partial charge in [0.05, 0.1) is 5.41 Å². The number of aryl methyl sites for hydroxylation is 1. The second kappa shape index (κ2) is 4.44. The fraction of sp³-hybridized carbons (Fsp3) is 0.350. The number of fused-ring (bicyclic) bond motifs is 2. The molecule has 0 saturated heterocycles. The van der Waals surface area contributed by atoms with Gasteiger partial charge in [0, 0.05) is 11.1 Å². The lowest BCUT2D eigenvalue weighted by molar-refractivity contribution is -0.118. The zero-order valence-electron chi connectivity index (χ0n) is 13.6. The van der Waals surface area contributed by atoms with E-state index in [1.165, 1.54) is 23.3 Å². The molecule has 2 atom stereocenters. The van der Waals surface area contributed by atoms with Gasteiger partial charge in [0.15, 0.2) is 0 Å². The number of hydrogen-bond donors (Lipinski definition) is 1. The molecule has 1 spiro atoms. The Morgan fingerprint density at radius 3 is 2.48 bits per heavy atom. The molecule has 2 nitrogen and oxygen atoms in total. The Bertz CT molecular complexity index is 811. The molecule has 1 aliphatic heterocycles. The third-order valence-electron chi connectivity index (χ3n) is 5.81. The summed E-state index contributed by atoms with van der Waals surface area (Å²) in [5, 5.41) is 2.96. The van der Waals surface area contributed by atoms with Crippen LogP contribution in [-0.2, 0) is 15.6 Å². The van der Waals surface area contributed by atoms with Crippen molar-refractivity contribution in [3.05, 3.63) is 65.0 Å². The number of benzene rings is 2. The third kappa shape index (κ3) is 1.65. The summed E-state index contributed by atoms with van der Waals surface area (Å²) in [7, 11) is 0. The molecule has 2 aromatic rings. The van der Waals surface area contributed by atoms with Gasteiger partial charge in [0.25, 0.3) is 0 Å². The predicted octanol–water partition coefficient (Wildman–Crippen LogP) is 4.32. The summed E-state index contributed by atoms with van der Waals surface area (Å²) in [4.78, 5) is 12.9. The second-order valence-corrected chi connectivity index (χ2v) is 7.22. The highest BCUT2D eigenvalue weighted by atomic mass is 19.1. The van der Waals surface area contributed by atoms with Gasteiger partial charge in [-0.15, -0.1) is 0 Å². The number of carbonyl (C=O) groups is 1. The van der Waals surface area contributed by atoms with Gasteiger partial charge in [-0.1, -0.05) is 43.7 Å². The lowest BCUT2D eigenvalue weighted by Gasteiger charge is -2.26. The van der Waals surface area contributed by atoms with Crippen molar-refractivity contribution >= 4 is 11.6 Å². The number of rotatable bonds is 2. The van der Waals surface area contributed by atoms with Gasteiger partial charge in [0.1, 0.15) is 5.82 Å². The molecule has 1 saturated carbocycles. The van der Waals surface area contributed by atoms with Crippen LogP contribution in [0, 0.1) is 18.7 Å². The minimum atomic E-state index is -0.631. The smallest absolute Gasteiger partial charge is 0.236 e. The first kappa shape index (κ1) is 14.4. The number of carbonyl (C=O) groups excluding carboxylic acids is 1. The van der Waals surface area contributed by atoms with E-state index < -0.39 is 5.41 Å². The average Bonchev–Trinajstić information content (AvgIpc) is 3.15. The highest BCUT2D eigenvalue weighted by Crippen LogP contribution is 2.72. The van der Waals surface area contributed by atoms with Crippen LogP contribution in [0.25, 0.3) is 0 Å². The standard InChI is InChI=1S/C20H20FNO/c1-12(2)19(14-6-4-13(3)5-7-14)11-20(19)16-10-15(21)8-9-17(16)22-18(20)23/h4-10,12H,11H2,1-3H3,(H,22,23). The van der Waals surface area contributed by atoms with Gasteiger partial charge in [-0.2, -0.15) is 0 Å². The van der Waals surface area contributed by atoms with Crippen LogP contribution < -0.4 is 5.32 Å². The molecule has 2 aromatic carbocycles. The zero-order valence-corrected chi connectivity index (χ0v) is 13.6. The van der Waals surface area contributed by atoms with Gasteiger partial charge in [-0.05, 0) is 48.6 Å². The molecule has 118 valence electrons. The number of anilines is 1. The van der Waals surface area contributed by atoms with Crippen LogP contribution in [0.4, 0.5) is 10.1 Å². The van der Waals surface area contributed by atoms with Crippen molar-refractivity contribution < 1.29 is 9.18 Å². The van der Waals surface area contributed by atoms with E-state index in [-0.39, 0.29) is 23.1 Å². The van der Waals surface area contributed by atoms with Crippen molar-refractivity contribution in [3.63, 3.8) is 0 Å². The number of hydrogen-bond acceptors (Lipinski definition) is 1. The Morgan fingerprint density at radius 2 is 1.83 bits per heavy atom. The maximum Gasteiger partial charge on any atom is 0.236 e. The van der Waals surface area contributed by atoms with Crippen LogP contribution in [0.15, 0.2) is 42.5 Å². The highest BCUT2D eigenvalue weighted by Gasteiger charge is 2.76. The van der Waals surface area contributed by atoms with Gasteiger partial charge in [0.2, 0.25) is 5.91 Å². The molecule has 1 N–H and O–H groups in total. The Kier molecular flexibility index (Phi) is 2.78. The van der Waals surface area contributed by atoms with Gasteiger partial charge < -0.3 is 5.32 Å². The molecular formula is C20H20FNO. The third-order valence-corrected chi connectivity index (χ3v) is 5.81. The summed E-state index contributed by atoms with van der Waals surface area (Å²) in [5.41, 5.74) is 3.05. The molecule has 4 rings (SSSR count). The maximum absolute atomic E-state index is 13.8. The molecule has 3 heteroatoms. The fourth-order valence-electron chi connectivity index (χ4n) is 4.55. The topological polar surface area (TPSA) is 29.1 Å². The SMILES string of the molecule is Cc1ccc(C2(C(C)C)CC23C(=O)Nc2ccc(F)cc23)cc1. The second-order valence-electron chi connectivity index (χ2n) is 7.22. The first-order valence-corrected chi connectivity index (χ1v) is 8.10. The number of halogens is 1. The molecule has 1 heterocycles. The van der Waals surface area contributed by atoms with E-state index in [1.807, 2.05) is 0 Å². The van der Waals surface area contributed by atoms with E-state index in [9.17, 15) is 9.18 Å². The predicted molar refractivity (Wildman–Crippen MR) is 89.0 cm³/mol. The Hall–Kier alpha value is -2.16. The molecule has 1 aliphatic carbocycles. The molecule has 0 bridgehead atoms. The van der Waals surface area contributed by atoms with Crippen LogP contribution in [0.3, 0.4) is 0 Å². The molecule has 2 unspecified atom stereocenters. The van der Waals surface area contributed by atoms with E-state index in [2.05, 4.69) is 50.4 Å². The minimum absolute atomic E-state index is 0.00683. The number of nitrogens with one attached hydrogen (secondary N) is 1. The Labute approximate surface area is 135 Å². The van der Waals surface area contributed by atoms with E-state index >= 15 is 0 Å². The Balaban J connectivity index is 1.92. The minimum Gasteiger partial charge on any atom is -0.325 e. The van der Waals surface area contributed by atoms with Crippen LogP contribution in [-0.4, -0.2) is 5.91 Å².